The molecule has 0 radical (unpaired) electrons. The van der Waals surface area contributed by atoms with E-state index >= 15 is 0 Å². The summed E-state index contributed by atoms with van der Waals surface area (Å²) in [6.45, 7) is 5.36. The molecule has 1 fully saturated rings. The zero-order valence-corrected chi connectivity index (χ0v) is 12.7. The Morgan fingerprint density at radius 3 is 2.35 bits per heavy atom. The van der Waals surface area contributed by atoms with Crippen molar-refractivity contribution in [2.75, 3.05) is 13.1 Å². The molecule has 1 saturated carbocycles. The number of urea groups is 1. The van der Waals surface area contributed by atoms with E-state index in [9.17, 15) is 9.59 Å². The molecule has 0 aromatic carbocycles. The van der Waals surface area contributed by atoms with Crippen molar-refractivity contribution in [2.45, 2.75) is 58.8 Å². The summed E-state index contributed by atoms with van der Waals surface area (Å²) in [6.07, 6.45) is 6.18. The average Bonchev–Trinajstić information content (AvgIpc) is 2.36. The van der Waals surface area contributed by atoms with Gasteiger partial charge in [0.2, 0.25) is 0 Å². The van der Waals surface area contributed by atoms with Crippen LogP contribution in [0.5, 0.6) is 0 Å². The van der Waals surface area contributed by atoms with Crippen molar-refractivity contribution in [1.82, 2.24) is 10.6 Å². The van der Waals surface area contributed by atoms with E-state index < -0.39 is 5.97 Å². The lowest BCUT2D eigenvalue weighted by Crippen LogP contribution is -2.44. The third-order valence-electron chi connectivity index (χ3n) is 4.07. The van der Waals surface area contributed by atoms with Crippen molar-refractivity contribution in [3.8, 4) is 0 Å². The Morgan fingerprint density at radius 2 is 1.80 bits per heavy atom. The van der Waals surface area contributed by atoms with Crippen LogP contribution in [0.2, 0.25) is 0 Å². The SMILES string of the molecule is CC(C)CCNC(=O)NCC1(CC(=O)O)CCCCC1. The predicted octanol–water partition coefficient (Wildman–Crippen LogP) is 2.76. The Balaban J connectivity index is 2.37. The molecule has 2 amide bonds. The number of rotatable bonds is 7. The Labute approximate surface area is 121 Å². The number of hydrogen-bond donors (Lipinski definition) is 3. The molecule has 20 heavy (non-hydrogen) atoms. The molecular weight excluding hydrogens is 256 g/mol. The van der Waals surface area contributed by atoms with Gasteiger partial charge in [-0.25, -0.2) is 4.79 Å². The topological polar surface area (TPSA) is 78.4 Å². The molecule has 0 saturated heterocycles. The van der Waals surface area contributed by atoms with Crippen molar-refractivity contribution in [2.24, 2.45) is 11.3 Å². The van der Waals surface area contributed by atoms with Crippen LogP contribution in [0.15, 0.2) is 0 Å². The molecule has 1 aliphatic rings. The molecule has 0 heterocycles. The number of nitrogens with one attached hydrogen (secondary N) is 2. The molecule has 116 valence electrons. The van der Waals surface area contributed by atoms with Crippen molar-refractivity contribution in [3.05, 3.63) is 0 Å². The van der Waals surface area contributed by atoms with Gasteiger partial charge < -0.3 is 15.7 Å². The first-order chi connectivity index (χ1) is 9.43. The van der Waals surface area contributed by atoms with E-state index in [-0.39, 0.29) is 17.9 Å². The highest BCUT2D eigenvalue weighted by Crippen LogP contribution is 2.38. The highest BCUT2D eigenvalue weighted by atomic mass is 16.4. The van der Waals surface area contributed by atoms with Crippen molar-refractivity contribution in [1.29, 1.82) is 0 Å². The van der Waals surface area contributed by atoms with Gasteiger partial charge in [-0.3, -0.25) is 4.79 Å². The lowest BCUT2D eigenvalue weighted by Gasteiger charge is -2.36. The summed E-state index contributed by atoms with van der Waals surface area (Å²) in [7, 11) is 0. The maximum absolute atomic E-state index is 11.7. The van der Waals surface area contributed by atoms with Gasteiger partial charge in [-0.05, 0) is 30.6 Å². The number of amides is 2. The van der Waals surface area contributed by atoms with Crippen LogP contribution < -0.4 is 10.6 Å². The molecule has 0 aliphatic heterocycles. The van der Waals surface area contributed by atoms with Crippen molar-refractivity contribution >= 4 is 12.0 Å². The summed E-state index contributed by atoms with van der Waals surface area (Å²) < 4.78 is 0. The molecule has 0 spiro atoms. The molecule has 0 atom stereocenters. The molecular formula is C15H28N2O3. The minimum Gasteiger partial charge on any atom is -0.481 e. The lowest BCUT2D eigenvalue weighted by atomic mass is 9.72. The third-order valence-corrected chi connectivity index (χ3v) is 4.07. The Morgan fingerprint density at radius 1 is 1.15 bits per heavy atom. The second-order valence-electron chi connectivity index (χ2n) is 6.42. The van der Waals surface area contributed by atoms with Gasteiger partial charge in [0, 0.05) is 13.1 Å². The molecule has 5 nitrogen and oxygen atoms in total. The zero-order chi connectivity index (χ0) is 15.0. The number of carboxylic acids is 1. The summed E-state index contributed by atoms with van der Waals surface area (Å²) in [5.41, 5.74) is -0.251. The first kappa shape index (κ1) is 16.8. The van der Waals surface area contributed by atoms with Crippen LogP contribution in [0.3, 0.4) is 0 Å². The third kappa shape index (κ3) is 6.26. The molecule has 0 aromatic rings. The molecule has 0 unspecified atom stereocenters. The molecule has 0 aromatic heterocycles. The first-order valence-corrected chi connectivity index (χ1v) is 7.67. The van der Waals surface area contributed by atoms with Gasteiger partial charge in [0.25, 0.3) is 0 Å². The van der Waals surface area contributed by atoms with Crippen molar-refractivity contribution < 1.29 is 14.7 Å². The second kappa shape index (κ2) is 8.12. The molecule has 5 heteroatoms. The standard InChI is InChI=1S/C15H28N2O3/c1-12(2)6-9-16-14(20)17-11-15(10-13(18)19)7-4-3-5-8-15/h12H,3-11H2,1-2H3,(H,18,19)(H2,16,17,20). The van der Waals surface area contributed by atoms with Gasteiger partial charge in [-0.1, -0.05) is 33.1 Å². The predicted molar refractivity (Wildman–Crippen MR) is 78.6 cm³/mol. The highest BCUT2D eigenvalue weighted by molar-refractivity contribution is 5.74. The van der Waals surface area contributed by atoms with Gasteiger partial charge in [-0.2, -0.15) is 0 Å². The van der Waals surface area contributed by atoms with Gasteiger partial charge in [-0.15, -0.1) is 0 Å². The fraction of sp³-hybridized carbons (Fsp3) is 0.867. The normalized spacial score (nSPS) is 17.8. The van der Waals surface area contributed by atoms with Crippen LogP contribution in [0.4, 0.5) is 4.79 Å². The Bertz CT molecular complexity index is 323. The maximum atomic E-state index is 11.7. The van der Waals surface area contributed by atoms with Crippen LogP contribution in [0.25, 0.3) is 0 Å². The summed E-state index contributed by atoms with van der Waals surface area (Å²) in [4.78, 5) is 22.8. The summed E-state index contributed by atoms with van der Waals surface area (Å²) in [5.74, 6) is -0.207. The van der Waals surface area contributed by atoms with Crippen LogP contribution >= 0.6 is 0 Å². The van der Waals surface area contributed by atoms with E-state index in [1.54, 1.807) is 0 Å². The zero-order valence-electron chi connectivity index (χ0n) is 12.7. The van der Waals surface area contributed by atoms with Crippen LogP contribution in [0, 0.1) is 11.3 Å². The van der Waals surface area contributed by atoms with E-state index in [4.69, 9.17) is 5.11 Å². The number of aliphatic carboxylic acids is 1. The number of hydrogen-bond acceptors (Lipinski definition) is 2. The second-order valence-corrected chi connectivity index (χ2v) is 6.42. The number of carboxylic acid groups (broad SMARTS) is 1. The van der Waals surface area contributed by atoms with Gasteiger partial charge in [0.1, 0.15) is 0 Å². The van der Waals surface area contributed by atoms with Crippen LogP contribution in [-0.2, 0) is 4.79 Å². The smallest absolute Gasteiger partial charge is 0.314 e. The summed E-state index contributed by atoms with van der Waals surface area (Å²) in [5, 5.41) is 14.8. The first-order valence-electron chi connectivity index (χ1n) is 7.67. The minimum atomic E-state index is -0.770. The van der Waals surface area contributed by atoms with E-state index in [2.05, 4.69) is 24.5 Å². The monoisotopic (exact) mass is 284 g/mol. The van der Waals surface area contributed by atoms with Gasteiger partial charge in [0.15, 0.2) is 0 Å². The van der Waals surface area contributed by atoms with Crippen LogP contribution in [0.1, 0.15) is 58.8 Å². The van der Waals surface area contributed by atoms with Gasteiger partial charge in [0.05, 0.1) is 6.42 Å². The fourth-order valence-electron chi connectivity index (χ4n) is 2.84. The van der Waals surface area contributed by atoms with E-state index in [1.165, 1.54) is 6.42 Å². The van der Waals surface area contributed by atoms with Crippen molar-refractivity contribution in [3.63, 3.8) is 0 Å². The summed E-state index contributed by atoms with van der Waals surface area (Å²) in [6, 6.07) is -0.180. The summed E-state index contributed by atoms with van der Waals surface area (Å²) >= 11 is 0. The lowest BCUT2D eigenvalue weighted by molar-refractivity contribution is -0.140. The Hall–Kier alpha value is -1.26. The molecule has 0 bridgehead atoms. The van der Waals surface area contributed by atoms with Crippen LogP contribution in [-0.4, -0.2) is 30.2 Å². The molecule has 1 aliphatic carbocycles. The molecule has 1 rings (SSSR count). The molecule has 3 N–H and O–H groups in total. The highest BCUT2D eigenvalue weighted by Gasteiger charge is 2.34. The fourth-order valence-corrected chi connectivity index (χ4v) is 2.84. The number of carbonyl (C=O) groups is 2. The quantitative estimate of drug-likeness (QED) is 0.672. The van der Waals surface area contributed by atoms with E-state index in [1.807, 2.05) is 0 Å². The maximum Gasteiger partial charge on any atom is 0.314 e. The number of carbonyl (C=O) groups excluding carboxylic acids is 1. The largest absolute Gasteiger partial charge is 0.481 e. The average molecular weight is 284 g/mol. The minimum absolute atomic E-state index is 0.152. The van der Waals surface area contributed by atoms with E-state index in [0.29, 0.717) is 19.0 Å². The van der Waals surface area contributed by atoms with Gasteiger partial charge >= 0.3 is 12.0 Å². The Kier molecular flexibility index (Phi) is 6.82. The van der Waals surface area contributed by atoms with E-state index in [0.717, 1.165) is 32.1 Å².